The first-order valence-electron chi connectivity index (χ1n) is 8.77. The summed E-state index contributed by atoms with van der Waals surface area (Å²) in [6.45, 7) is 4.16. The molecule has 0 aliphatic carbocycles. The molecule has 138 valence electrons. The highest BCUT2D eigenvalue weighted by molar-refractivity contribution is 5.67. The van der Waals surface area contributed by atoms with Gasteiger partial charge in [0.2, 0.25) is 5.95 Å². The Bertz CT molecular complexity index is 913. The molecule has 27 heavy (non-hydrogen) atoms. The van der Waals surface area contributed by atoms with Gasteiger partial charge in [0, 0.05) is 35.5 Å². The van der Waals surface area contributed by atoms with Crippen LogP contribution in [0.2, 0.25) is 0 Å². The molecular formula is C20H21N5O2. The Morgan fingerprint density at radius 1 is 1.07 bits per heavy atom. The lowest BCUT2D eigenvalue weighted by atomic mass is 10.1. The Balaban J connectivity index is 1.93. The second kappa shape index (κ2) is 8.27. The van der Waals surface area contributed by atoms with Gasteiger partial charge in [-0.3, -0.25) is 10.1 Å². The first kappa shape index (κ1) is 18.3. The largest absolute Gasteiger partial charge is 0.352 e. The van der Waals surface area contributed by atoms with Crippen LogP contribution < -0.4 is 10.6 Å². The number of non-ortho nitro benzene ring substituents is 1. The smallest absolute Gasteiger partial charge is 0.269 e. The van der Waals surface area contributed by atoms with E-state index in [1.807, 2.05) is 36.4 Å². The minimum Gasteiger partial charge on any atom is -0.352 e. The van der Waals surface area contributed by atoms with Gasteiger partial charge in [-0.1, -0.05) is 37.3 Å². The number of anilines is 3. The highest BCUT2D eigenvalue weighted by Crippen LogP contribution is 2.25. The van der Waals surface area contributed by atoms with Gasteiger partial charge in [-0.25, -0.2) is 4.98 Å². The average Bonchev–Trinajstić information content (AvgIpc) is 2.69. The SMILES string of the molecule is CC[C@@H](C)Nc1nc(Nc2ccc([N+](=O)[O-])cc2)cc(-c2ccccc2)n1. The highest BCUT2D eigenvalue weighted by Gasteiger charge is 2.10. The van der Waals surface area contributed by atoms with Crippen LogP contribution in [-0.4, -0.2) is 20.9 Å². The van der Waals surface area contributed by atoms with Crippen LogP contribution in [0.25, 0.3) is 11.3 Å². The number of aromatic nitrogens is 2. The van der Waals surface area contributed by atoms with Crippen LogP contribution in [0.5, 0.6) is 0 Å². The van der Waals surface area contributed by atoms with Gasteiger partial charge in [-0.15, -0.1) is 0 Å². The van der Waals surface area contributed by atoms with Crippen molar-refractivity contribution in [1.82, 2.24) is 9.97 Å². The zero-order valence-electron chi connectivity index (χ0n) is 15.2. The lowest BCUT2D eigenvalue weighted by Crippen LogP contribution is -2.16. The van der Waals surface area contributed by atoms with Crippen molar-refractivity contribution in [2.24, 2.45) is 0 Å². The van der Waals surface area contributed by atoms with Crippen molar-refractivity contribution >= 4 is 23.1 Å². The van der Waals surface area contributed by atoms with Gasteiger partial charge < -0.3 is 10.6 Å². The van der Waals surface area contributed by atoms with Crippen LogP contribution in [0.3, 0.4) is 0 Å². The van der Waals surface area contributed by atoms with E-state index < -0.39 is 4.92 Å². The molecule has 0 aliphatic heterocycles. The van der Waals surface area contributed by atoms with E-state index >= 15 is 0 Å². The van der Waals surface area contributed by atoms with E-state index in [0.717, 1.165) is 17.7 Å². The molecule has 3 aromatic rings. The molecule has 0 bridgehead atoms. The van der Waals surface area contributed by atoms with Gasteiger partial charge in [0.25, 0.3) is 5.69 Å². The maximum atomic E-state index is 10.8. The van der Waals surface area contributed by atoms with Gasteiger partial charge in [0.05, 0.1) is 10.6 Å². The van der Waals surface area contributed by atoms with Crippen LogP contribution in [-0.2, 0) is 0 Å². The Morgan fingerprint density at radius 2 is 1.78 bits per heavy atom. The minimum atomic E-state index is -0.420. The molecule has 1 aromatic heterocycles. The molecule has 0 unspecified atom stereocenters. The maximum absolute atomic E-state index is 10.8. The molecule has 2 N–H and O–H groups in total. The third-order valence-electron chi connectivity index (χ3n) is 4.13. The molecule has 2 aromatic carbocycles. The van der Waals surface area contributed by atoms with Crippen LogP contribution in [0.15, 0.2) is 60.7 Å². The number of nitrogens with one attached hydrogen (secondary N) is 2. The van der Waals surface area contributed by atoms with E-state index in [-0.39, 0.29) is 11.7 Å². The summed E-state index contributed by atoms with van der Waals surface area (Å²) in [5.74, 6) is 1.15. The molecule has 0 fully saturated rings. The summed E-state index contributed by atoms with van der Waals surface area (Å²) < 4.78 is 0. The van der Waals surface area contributed by atoms with Gasteiger partial charge in [-0.2, -0.15) is 4.98 Å². The minimum absolute atomic E-state index is 0.0485. The molecule has 7 heteroatoms. The molecule has 0 spiro atoms. The number of nitro benzene ring substituents is 1. The van der Waals surface area contributed by atoms with E-state index in [1.165, 1.54) is 12.1 Å². The van der Waals surface area contributed by atoms with E-state index in [9.17, 15) is 10.1 Å². The number of hydrogen-bond donors (Lipinski definition) is 2. The van der Waals surface area contributed by atoms with Crippen molar-refractivity contribution in [3.05, 3.63) is 70.8 Å². The first-order valence-corrected chi connectivity index (χ1v) is 8.77. The quantitative estimate of drug-likeness (QED) is 0.453. The van der Waals surface area contributed by atoms with Crippen LogP contribution >= 0.6 is 0 Å². The fraction of sp³-hybridized carbons (Fsp3) is 0.200. The van der Waals surface area contributed by atoms with Gasteiger partial charge in [0.15, 0.2) is 0 Å². The Hall–Kier alpha value is -3.48. The second-order valence-electron chi connectivity index (χ2n) is 6.21. The van der Waals surface area contributed by atoms with E-state index in [1.54, 1.807) is 12.1 Å². The van der Waals surface area contributed by atoms with Crippen molar-refractivity contribution in [3.8, 4) is 11.3 Å². The molecule has 0 amide bonds. The molecule has 0 radical (unpaired) electrons. The Morgan fingerprint density at radius 3 is 2.41 bits per heavy atom. The Kier molecular flexibility index (Phi) is 5.61. The lowest BCUT2D eigenvalue weighted by molar-refractivity contribution is -0.384. The van der Waals surface area contributed by atoms with E-state index in [0.29, 0.717) is 17.5 Å². The lowest BCUT2D eigenvalue weighted by Gasteiger charge is -2.14. The molecule has 3 rings (SSSR count). The van der Waals surface area contributed by atoms with Gasteiger partial charge >= 0.3 is 0 Å². The fourth-order valence-corrected chi connectivity index (χ4v) is 2.47. The van der Waals surface area contributed by atoms with E-state index in [2.05, 4.69) is 34.4 Å². The third kappa shape index (κ3) is 4.78. The summed E-state index contributed by atoms with van der Waals surface area (Å²) >= 11 is 0. The van der Waals surface area contributed by atoms with Crippen molar-refractivity contribution in [3.63, 3.8) is 0 Å². The van der Waals surface area contributed by atoms with E-state index in [4.69, 9.17) is 0 Å². The van der Waals surface area contributed by atoms with Crippen molar-refractivity contribution in [2.45, 2.75) is 26.3 Å². The maximum Gasteiger partial charge on any atom is 0.269 e. The van der Waals surface area contributed by atoms with Gasteiger partial charge in [0.1, 0.15) is 5.82 Å². The van der Waals surface area contributed by atoms with Crippen LogP contribution in [0, 0.1) is 10.1 Å². The zero-order valence-corrected chi connectivity index (χ0v) is 15.2. The number of hydrogen-bond acceptors (Lipinski definition) is 6. The molecule has 0 saturated heterocycles. The van der Waals surface area contributed by atoms with Crippen molar-refractivity contribution in [1.29, 1.82) is 0 Å². The molecule has 1 atom stereocenters. The molecular weight excluding hydrogens is 342 g/mol. The number of benzene rings is 2. The predicted molar refractivity (Wildman–Crippen MR) is 107 cm³/mol. The fourth-order valence-electron chi connectivity index (χ4n) is 2.47. The molecule has 0 saturated carbocycles. The second-order valence-corrected chi connectivity index (χ2v) is 6.21. The number of nitrogens with zero attached hydrogens (tertiary/aromatic N) is 3. The molecule has 0 aliphatic rings. The van der Waals surface area contributed by atoms with Crippen LogP contribution in [0.4, 0.5) is 23.1 Å². The highest BCUT2D eigenvalue weighted by atomic mass is 16.6. The monoisotopic (exact) mass is 363 g/mol. The average molecular weight is 363 g/mol. The predicted octanol–water partition coefficient (Wildman–Crippen LogP) is 5.01. The van der Waals surface area contributed by atoms with Crippen molar-refractivity contribution in [2.75, 3.05) is 10.6 Å². The zero-order chi connectivity index (χ0) is 19.2. The summed E-state index contributed by atoms with van der Waals surface area (Å²) in [7, 11) is 0. The summed E-state index contributed by atoms with van der Waals surface area (Å²) in [4.78, 5) is 19.5. The van der Waals surface area contributed by atoms with Crippen LogP contribution in [0.1, 0.15) is 20.3 Å². The number of nitro groups is 1. The summed E-state index contributed by atoms with van der Waals surface area (Å²) in [6, 6.07) is 18.2. The molecule has 1 heterocycles. The standard InChI is InChI=1S/C20H21N5O2/c1-3-14(2)21-20-23-18(15-7-5-4-6-8-15)13-19(24-20)22-16-9-11-17(12-10-16)25(26)27/h4-14H,3H2,1-2H3,(H2,21,22,23,24)/t14-/m1/s1. The normalized spacial score (nSPS) is 11.6. The molecule has 7 nitrogen and oxygen atoms in total. The summed E-state index contributed by atoms with van der Waals surface area (Å²) in [6.07, 6.45) is 0.948. The summed E-state index contributed by atoms with van der Waals surface area (Å²) in [5, 5.41) is 17.3. The van der Waals surface area contributed by atoms with Gasteiger partial charge in [-0.05, 0) is 25.5 Å². The summed E-state index contributed by atoms with van der Waals surface area (Å²) in [5.41, 5.74) is 2.54. The third-order valence-corrected chi connectivity index (χ3v) is 4.13. The first-order chi connectivity index (χ1) is 13.0. The Labute approximate surface area is 157 Å². The number of rotatable bonds is 7. The topological polar surface area (TPSA) is 93.0 Å². The van der Waals surface area contributed by atoms with Crippen molar-refractivity contribution < 1.29 is 4.92 Å².